The number of esters is 2. The van der Waals surface area contributed by atoms with Gasteiger partial charge in [-0.3, -0.25) is 9.59 Å². The van der Waals surface area contributed by atoms with E-state index in [9.17, 15) is 9.59 Å². The van der Waals surface area contributed by atoms with Gasteiger partial charge in [0.05, 0.1) is 19.8 Å². The normalized spacial score (nSPS) is 11.7. The standard InChI is InChI=1S/C25H38O5/c1-5-9-10-11-12-18-30-22-16-14-20(15-17-22)21(13-6-2)19-23(24(26)28-7-3)25(27)29-8-4/h6,14-17,21,23H,2,5,7-13,18-19H2,1,3-4H3. The fourth-order valence-corrected chi connectivity index (χ4v) is 3.36. The molecular weight excluding hydrogens is 380 g/mol. The monoisotopic (exact) mass is 418 g/mol. The Hall–Kier alpha value is -2.30. The second kappa shape index (κ2) is 15.5. The number of ether oxygens (including phenoxy) is 3. The second-order valence-corrected chi connectivity index (χ2v) is 7.35. The zero-order valence-corrected chi connectivity index (χ0v) is 18.9. The molecular formula is C25H38O5. The van der Waals surface area contributed by atoms with Gasteiger partial charge >= 0.3 is 11.9 Å². The van der Waals surface area contributed by atoms with E-state index < -0.39 is 17.9 Å². The van der Waals surface area contributed by atoms with Gasteiger partial charge in [0.25, 0.3) is 0 Å². The van der Waals surface area contributed by atoms with Gasteiger partial charge in [0.2, 0.25) is 0 Å². The van der Waals surface area contributed by atoms with Crippen LogP contribution in [0.2, 0.25) is 0 Å². The molecule has 1 rings (SSSR count). The highest BCUT2D eigenvalue weighted by Crippen LogP contribution is 2.30. The summed E-state index contributed by atoms with van der Waals surface area (Å²) in [7, 11) is 0. The molecule has 0 aliphatic heterocycles. The van der Waals surface area contributed by atoms with Gasteiger partial charge in [-0.1, -0.05) is 50.8 Å². The molecule has 0 aliphatic carbocycles. The van der Waals surface area contributed by atoms with Crippen molar-refractivity contribution in [2.45, 2.75) is 71.6 Å². The lowest BCUT2D eigenvalue weighted by Gasteiger charge is -2.21. The maximum atomic E-state index is 12.3. The van der Waals surface area contributed by atoms with Crippen LogP contribution in [0.5, 0.6) is 5.75 Å². The van der Waals surface area contributed by atoms with Crippen molar-refractivity contribution in [3.63, 3.8) is 0 Å². The summed E-state index contributed by atoms with van der Waals surface area (Å²) in [4.78, 5) is 24.7. The maximum Gasteiger partial charge on any atom is 0.320 e. The topological polar surface area (TPSA) is 61.8 Å². The van der Waals surface area contributed by atoms with E-state index in [1.54, 1.807) is 19.9 Å². The first-order chi connectivity index (χ1) is 14.6. The molecule has 1 aromatic rings. The third-order valence-electron chi connectivity index (χ3n) is 4.98. The van der Waals surface area contributed by atoms with Gasteiger partial charge < -0.3 is 14.2 Å². The number of carbonyl (C=O) groups is 2. The van der Waals surface area contributed by atoms with Crippen LogP contribution in [-0.4, -0.2) is 31.8 Å². The molecule has 5 nitrogen and oxygen atoms in total. The summed E-state index contributed by atoms with van der Waals surface area (Å²) in [6, 6.07) is 7.88. The fraction of sp³-hybridized carbons (Fsp3) is 0.600. The Morgan fingerprint density at radius 2 is 1.53 bits per heavy atom. The van der Waals surface area contributed by atoms with Gasteiger partial charge in [0.1, 0.15) is 5.75 Å². The Labute approximate surface area is 181 Å². The summed E-state index contributed by atoms with van der Waals surface area (Å²) in [5.41, 5.74) is 1.03. The maximum absolute atomic E-state index is 12.3. The second-order valence-electron chi connectivity index (χ2n) is 7.35. The molecule has 5 heteroatoms. The van der Waals surface area contributed by atoms with E-state index in [0.29, 0.717) is 19.4 Å². The molecule has 1 atom stereocenters. The quantitative estimate of drug-likeness (QED) is 0.146. The van der Waals surface area contributed by atoms with E-state index in [0.717, 1.165) is 17.7 Å². The average molecular weight is 419 g/mol. The molecule has 30 heavy (non-hydrogen) atoms. The molecule has 0 aromatic heterocycles. The minimum atomic E-state index is -0.936. The lowest BCUT2D eigenvalue weighted by molar-refractivity contribution is -0.162. The number of hydrogen-bond acceptors (Lipinski definition) is 5. The predicted molar refractivity (Wildman–Crippen MR) is 120 cm³/mol. The molecule has 0 heterocycles. The van der Waals surface area contributed by atoms with Crippen LogP contribution in [0.15, 0.2) is 36.9 Å². The van der Waals surface area contributed by atoms with Crippen LogP contribution < -0.4 is 4.74 Å². The number of unbranched alkanes of at least 4 members (excludes halogenated alkanes) is 4. The molecule has 0 aliphatic rings. The summed E-state index contributed by atoms with van der Waals surface area (Å²) in [5, 5.41) is 0. The smallest absolute Gasteiger partial charge is 0.320 e. The first-order valence-electron chi connectivity index (χ1n) is 11.2. The number of allylic oxidation sites excluding steroid dienone is 1. The van der Waals surface area contributed by atoms with Crippen LogP contribution in [0.3, 0.4) is 0 Å². The third kappa shape index (κ3) is 9.47. The van der Waals surface area contributed by atoms with Crippen molar-refractivity contribution in [1.29, 1.82) is 0 Å². The average Bonchev–Trinajstić information content (AvgIpc) is 2.74. The van der Waals surface area contributed by atoms with Crippen LogP contribution in [-0.2, 0) is 19.1 Å². The lowest BCUT2D eigenvalue weighted by atomic mass is 9.86. The molecule has 0 radical (unpaired) electrons. The Morgan fingerprint density at radius 1 is 0.933 bits per heavy atom. The van der Waals surface area contributed by atoms with Crippen molar-refractivity contribution in [3.8, 4) is 5.75 Å². The van der Waals surface area contributed by atoms with Crippen LogP contribution in [0.1, 0.15) is 77.2 Å². The minimum Gasteiger partial charge on any atom is -0.494 e. The van der Waals surface area contributed by atoms with Crippen molar-refractivity contribution in [3.05, 3.63) is 42.5 Å². The molecule has 0 spiro atoms. The zero-order valence-electron chi connectivity index (χ0n) is 18.9. The Kier molecular flexibility index (Phi) is 13.3. The molecule has 0 amide bonds. The van der Waals surface area contributed by atoms with Crippen molar-refractivity contribution >= 4 is 11.9 Å². The number of benzene rings is 1. The van der Waals surface area contributed by atoms with E-state index in [4.69, 9.17) is 14.2 Å². The minimum absolute atomic E-state index is 0.0376. The first kappa shape index (κ1) is 25.7. The number of hydrogen-bond donors (Lipinski definition) is 0. The summed E-state index contributed by atoms with van der Waals surface area (Å²) < 4.78 is 16.0. The van der Waals surface area contributed by atoms with Crippen molar-refractivity contribution in [2.24, 2.45) is 5.92 Å². The summed E-state index contributed by atoms with van der Waals surface area (Å²) >= 11 is 0. The molecule has 0 N–H and O–H groups in total. The highest BCUT2D eigenvalue weighted by atomic mass is 16.6. The lowest BCUT2D eigenvalue weighted by Crippen LogP contribution is -2.29. The third-order valence-corrected chi connectivity index (χ3v) is 4.98. The van der Waals surface area contributed by atoms with Crippen molar-refractivity contribution in [1.82, 2.24) is 0 Å². The zero-order chi connectivity index (χ0) is 22.2. The molecule has 1 aromatic carbocycles. The summed E-state index contributed by atoms with van der Waals surface area (Å²) in [6.07, 6.45) is 8.79. The summed E-state index contributed by atoms with van der Waals surface area (Å²) in [6.45, 7) is 10.7. The highest BCUT2D eigenvalue weighted by Gasteiger charge is 2.32. The van der Waals surface area contributed by atoms with Crippen molar-refractivity contribution in [2.75, 3.05) is 19.8 Å². The van der Waals surface area contributed by atoms with Gasteiger partial charge in [-0.05, 0) is 56.7 Å². The predicted octanol–water partition coefficient (Wildman–Crippen LogP) is 5.83. The molecule has 0 saturated heterocycles. The van der Waals surface area contributed by atoms with E-state index in [1.165, 1.54) is 25.7 Å². The van der Waals surface area contributed by atoms with Gasteiger partial charge in [-0.25, -0.2) is 0 Å². The highest BCUT2D eigenvalue weighted by molar-refractivity contribution is 5.95. The Bertz CT molecular complexity index is 605. The van der Waals surface area contributed by atoms with E-state index in [1.807, 2.05) is 24.3 Å². The largest absolute Gasteiger partial charge is 0.494 e. The SMILES string of the molecule is C=CCC(CC(C(=O)OCC)C(=O)OCC)c1ccc(OCCCCCCC)cc1. The van der Waals surface area contributed by atoms with Crippen molar-refractivity contribution < 1.29 is 23.8 Å². The first-order valence-corrected chi connectivity index (χ1v) is 11.2. The molecule has 0 saturated carbocycles. The van der Waals surface area contributed by atoms with Gasteiger partial charge in [-0.15, -0.1) is 6.58 Å². The number of rotatable bonds is 16. The van der Waals surface area contributed by atoms with E-state index in [2.05, 4.69) is 13.5 Å². The molecule has 1 unspecified atom stereocenters. The van der Waals surface area contributed by atoms with E-state index >= 15 is 0 Å². The molecule has 168 valence electrons. The molecule has 0 bridgehead atoms. The fourth-order valence-electron chi connectivity index (χ4n) is 3.36. The van der Waals surface area contributed by atoms with Crippen LogP contribution >= 0.6 is 0 Å². The van der Waals surface area contributed by atoms with Crippen LogP contribution in [0.4, 0.5) is 0 Å². The van der Waals surface area contributed by atoms with Crippen LogP contribution in [0, 0.1) is 5.92 Å². The van der Waals surface area contributed by atoms with E-state index in [-0.39, 0.29) is 19.1 Å². The van der Waals surface area contributed by atoms with Gasteiger partial charge in [-0.2, -0.15) is 0 Å². The summed E-state index contributed by atoms with van der Waals surface area (Å²) in [5.74, 6) is -1.21. The van der Waals surface area contributed by atoms with Gasteiger partial charge in [0, 0.05) is 0 Å². The Morgan fingerprint density at radius 3 is 2.07 bits per heavy atom. The van der Waals surface area contributed by atoms with Crippen LogP contribution in [0.25, 0.3) is 0 Å². The molecule has 0 fully saturated rings. The van der Waals surface area contributed by atoms with Gasteiger partial charge in [0.15, 0.2) is 5.92 Å². The number of carbonyl (C=O) groups excluding carboxylic acids is 2. The Balaban J connectivity index is 2.76.